The molecule has 0 amide bonds. The minimum absolute atomic E-state index is 0.303. The Hall–Kier alpha value is -1.72. The summed E-state index contributed by atoms with van der Waals surface area (Å²) in [7, 11) is 1.70. The molecule has 0 aliphatic carbocycles. The number of nitrogens with zero attached hydrogens (tertiary/aromatic N) is 2. The molecule has 5 nitrogen and oxygen atoms in total. The Labute approximate surface area is 113 Å². The fraction of sp³-hybridized carbons (Fsp3) is 0.429. The normalized spacial score (nSPS) is 12.5. The fourth-order valence-corrected chi connectivity index (χ4v) is 1.78. The standard InChI is InChI=1S/C14H19N3O2/c1-3-12(10-18-2)15-9-13-16-17-14(19-13)11-7-5-4-6-8-11/h4-8,12,15H,3,9-10H2,1-2H3. The van der Waals surface area contributed by atoms with Crippen molar-refractivity contribution in [2.45, 2.75) is 25.9 Å². The van der Waals surface area contributed by atoms with E-state index in [1.54, 1.807) is 7.11 Å². The van der Waals surface area contributed by atoms with Crippen molar-refractivity contribution in [2.75, 3.05) is 13.7 Å². The van der Waals surface area contributed by atoms with E-state index in [-0.39, 0.29) is 0 Å². The highest BCUT2D eigenvalue weighted by atomic mass is 16.5. The largest absolute Gasteiger partial charge is 0.419 e. The molecule has 1 aromatic carbocycles. The minimum atomic E-state index is 0.303. The Morgan fingerprint density at radius 3 is 2.74 bits per heavy atom. The third-order valence-electron chi connectivity index (χ3n) is 2.89. The maximum absolute atomic E-state index is 5.62. The van der Waals surface area contributed by atoms with E-state index in [0.717, 1.165) is 12.0 Å². The molecule has 0 saturated heterocycles. The van der Waals surface area contributed by atoms with Crippen molar-refractivity contribution in [1.29, 1.82) is 0 Å². The first kappa shape index (κ1) is 13.7. The van der Waals surface area contributed by atoms with E-state index in [9.17, 15) is 0 Å². The zero-order valence-electron chi connectivity index (χ0n) is 11.3. The molecule has 2 rings (SSSR count). The van der Waals surface area contributed by atoms with E-state index < -0.39 is 0 Å². The lowest BCUT2D eigenvalue weighted by molar-refractivity contribution is 0.162. The van der Waals surface area contributed by atoms with Gasteiger partial charge in [0, 0.05) is 18.7 Å². The molecule has 19 heavy (non-hydrogen) atoms. The van der Waals surface area contributed by atoms with E-state index >= 15 is 0 Å². The van der Waals surface area contributed by atoms with Gasteiger partial charge in [0.2, 0.25) is 11.8 Å². The molecule has 1 heterocycles. The highest BCUT2D eigenvalue weighted by molar-refractivity contribution is 5.51. The molecule has 0 radical (unpaired) electrons. The van der Waals surface area contributed by atoms with Crippen LogP contribution >= 0.6 is 0 Å². The van der Waals surface area contributed by atoms with E-state index in [1.807, 2.05) is 30.3 Å². The summed E-state index contributed by atoms with van der Waals surface area (Å²) in [5, 5.41) is 11.4. The van der Waals surface area contributed by atoms with Crippen LogP contribution in [0.1, 0.15) is 19.2 Å². The zero-order chi connectivity index (χ0) is 13.5. The molecule has 1 N–H and O–H groups in total. The Morgan fingerprint density at radius 1 is 1.26 bits per heavy atom. The molecular formula is C14H19N3O2. The fourth-order valence-electron chi connectivity index (χ4n) is 1.78. The van der Waals surface area contributed by atoms with Gasteiger partial charge in [0.15, 0.2) is 0 Å². The Kier molecular flexibility index (Phi) is 5.06. The summed E-state index contributed by atoms with van der Waals surface area (Å²) in [5.41, 5.74) is 0.935. The molecule has 0 spiro atoms. The highest BCUT2D eigenvalue weighted by Gasteiger charge is 2.10. The van der Waals surface area contributed by atoms with E-state index in [1.165, 1.54) is 0 Å². The second-order valence-corrected chi connectivity index (χ2v) is 4.31. The molecule has 2 aromatic rings. The zero-order valence-corrected chi connectivity index (χ0v) is 11.3. The lowest BCUT2D eigenvalue weighted by Gasteiger charge is -2.13. The van der Waals surface area contributed by atoms with Crippen molar-refractivity contribution in [3.8, 4) is 11.5 Å². The van der Waals surface area contributed by atoms with Crippen LogP contribution in [-0.4, -0.2) is 30.0 Å². The summed E-state index contributed by atoms with van der Waals surface area (Å²) in [5.74, 6) is 1.14. The monoisotopic (exact) mass is 261 g/mol. The van der Waals surface area contributed by atoms with Crippen LogP contribution in [0.2, 0.25) is 0 Å². The molecule has 1 aromatic heterocycles. The number of hydrogen-bond donors (Lipinski definition) is 1. The molecular weight excluding hydrogens is 242 g/mol. The van der Waals surface area contributed by atoms with Gasteiger partial charge < -0.3 is 14.5 Å². The molecule has 0 bridgehead atoms. The van der Waals surface area contributed by atoms with Gasteiger partial charge in [0.05, 0.1) is 13.2 Å². The van der Waals surface area contributed by atoms with Crippen molar-refractivity contribution in [1.82, 2.24) is 15.5 Å². The van der Waals surface area contributed by atoms with Crippen LogP contribution in [0.4, 0.5) is 0 Å². The van der Waals surface area contributed by atoms with Gasteiger partial charge in [-0.15, -0.1) is 10.2 Å². The summed E-state index contributed by atoms with van der Waals surface area (Å²) in [4.78, 5) is 0. The maximum Gasteiger partial charge on any atom is 0.247 e. The molecule has 1 atom stereocenters. The second-order valence-electron chi connectivity index (χ2n) is 4.31. The summed E-state index contributed by atoms with van der Waals surface area (Å²) >= 11 is 0. The van der Waals surface area contributed by atoms with E-state index in [4.69, 9.17) is 9.15 Å². The molecule has 5 heteroatoms. The van der Waals surface area contributed by atoms with Crippen LogP contribution in [0.15, 0.2) is 34.7 Å². The number of methoxy groups -OCH3 is 1. The smallest absolute Gasteiger partial charge is 0.247 e. The van der Waals surface area contributed by atoms with Gasteiger partial charge in [0.1, 0.15) is 0 Å². The topological polar surface area (TPSA) is 60.2 Å². The highest BCUT2D eigenvalue weighted by Crippen LogP contribution is 2.16. The minimum Gasteiger partial charge on any atom is -0.419 e. The van der Waals surface area contributed by atoms with Crippen LogP contribution in [0.25, 0.3) is 11.5 Å². The molecule has 0 saturated carbocycles. The Bertz CT molecular complexity index is 484. The van der Waals surface area contributed by atoms with E-state index in [2.05, 4.69) is 22.4 Å². The van der Waals surface area contributed by atoms with Crippen LogP contribution in [-0.2, 0) is 11.3 Å². The first-order valence-corrected chi connectivity index (χ1v) is 6.43. The summed E-state index contributed by atoms with van der Waals surface area (Å²) in [6.07, 6.45) is 0.994. The van der Waals surface area contributed by atoms with Crippen LogP contribution in [0, 0.1) is 0 Å². The molecule has 102 valence electrons. The number of rotatable bonds is 7. The van der Waals surface area contributed by atoms with Crippen molar-refractivity contribution in [2.24, 2.45) is 0 Å². The predicted molar refractivity (Wildman–Crippen MR) is 72.5 cm³/mol. The Balaban J connectivity index is 1.94. The number of hydrogen-bond acceptors (Lipinski definition) is 5. The van der Waals surface area contributed by atoms with Gasteiger partial charge in [-0.25, -0.2) is 0 Å². The third-order valence-corrected chi connectivity index (χ3v) is 2.89. The van der Waals surface area contributed by atoms with Crippen molar-refractivity contribution >= 4 is 0 Å². The summed E-state index contributed by atoms with van der Waals surface area (Å²) in [6, 6.07) is 10.1. The average Bonchev–Trinajstić information content (AvgIpc) is 2.93. The Morgan fingerprint density at radius 2 is 2.05 bits per heavy atom. The lowest BCUT2D eigenvalue weighted by Crippen LogP contribution is -2.32. The molecule has 1 unspecified atom stereocenters. The van der Waals surface area contributed by atoms with Crippen LogP contribution in [0.3, 0.4) is 0 Å². The van der Waals surface area contributed by atoms with Gasteiger partial charge in [-0.1, -0.05) is 25.1 Å². The first-order valence-electron chi connectivity index (χ1n) is 6.43. The number of benzene rings is 1. The lowest BCUT2D eigenvalue weighted by atomic mass is 10.2. The number of ether oxygens (including phenoxy) is 1. The molecule has 0 aliphatic heterocycles. The second kappa shape index (κ2) is 7.01. The van der Waals surface area contributed by atoms with Crippen molar-refractivity contribution < 1.29 is 9.15 Å². The third kappa shape index (κ3) is 3.87. The van der Waals surface area contributed by atoms with Gasteiger partial charge in [0.25, 0.3) is 0 Å². The maximum atomic E-state index is 5.62. The predicted octanol–water partition coefficient (Wildman–Crippen LogP) is 2.25. The average molecular weight is 261 g/mol. The van der Waals surface area contributed by atoms with Crippen LogP contribution in [0.5, 0.6) is 0 Å². The molecule has 0 aliphatic rings. The molecule has 0 fully saturated rings. The van der Waals surface area contributed by atoms with Gasteiger partial charge in [-0.3, -0.25) is 0 Å². The van der Waals surface area contributed by atoms with Crippen molar-refractivity contribution in [3.63, 3.8) is 0 Å². The summed E-state index contributed by atoms with van der Waals surface area (Å²) in [6.45, 7) is 3.35. The van der Waals surface area contributed by atoms with Crippen molar-refractivity contribution in [3.05, 3.63) is 36.2 Å². The summed E-state index contributed by atoms with van der Waals surface area (Å²) < 4.78 is 10.7. The number of aromatic nitrogens is 2. The number of nitrogens with one attached hydrogen (secondary N) is 1. The first-order chi connectivity index (χ1) is 9.33. The van der Waals surface area contributed by atoms with Gasteiger partial charge in [-0.2, -0.15) is 0 Å². The van der Waals surface area contributed by atoms with Gasteiger partial charge >= 0.3 is 0 Å². The van der Waals surface area contributed by atoms with Gasteiger partial charge in [-0.05, 0) is 18.6 Å². The van der Waals surface area contributed by atoms with Crippen LogP contribution < -0.4 is 5.32 Å². The quantitative estimate of drug-likeness (QED) is 0.828. The van der Waals surface area contributed by atoms with E-state index in [0.29, 0.717) is 31.0 Å². The SMILES string of the molecule is CCC(COC)NCc1nnc(-c2ccccc2)o1.